The third-order valence-electron chi connectivity index (χ3n) is 0.824. The van der Waals surface area contributed by atoms with Gasteiger partial charge in [0.05, 0.1) is 27.9 Å². The fourth-order valence-corrected chi connectivity index (χ4v) is 0.863. The number of nitrogens with zero attached hydrogens (tertiary/aromatic N) is 1. The molecule has 2 nitrogen and oxygen atoms in total. The molecule has 9 heavy (non-hydrogen) atoms. The van der Waals surface area contributed by atoms with E-state index < -0.39 is 0 Å². The highest BCUT2D eigenvalue weighted by Gasteiger charge is 1.87. The van der Waals surface area contributed by atoms with Crippen LogP contribution < -0.4 is 3.53 Å². The molecule has 1 aromatic heterocycles. The lowest BCUT2D eigenvalue weighted by Crippen LogP contribution is -1.81. The lowest BCUT2D eigenvalue weighted by molar-refractivity contribution is 1.34. The van der Waals surface area contributed by atoms with Crippen LogP contribution in [0, 0.1) is 0 Å². The van der Waals surface area contributed by atoms with Crippen molar-refractivity contribution in [1.82, 2.24) is 4.98 Å². The van der Waals surface area contributed by atoms with E-state index in [2.05, 4.69) is 8.51 Å². The summed E-state index contributed by atoms with van der Waals surface area (Å²) in [5.74, 6) is 0.819. The first-order valence-corrected chi connectivity index (χ1v) is 3.77. The molecule has 0 amide bonds. The fourth-order valence-electron chi connectivity index (χ4n) is 0.432. The predicted molar refractivity (Wildman–Crippen MR) is 46.9 cm³/mol. The van der Waals surface area contributed by atoms with Gasteiger partial charge >= 0.3 is 0 Å². The number of pyridine rings is 1. The summed E-state index contributed by atoms with van der Waals surface area (Å²) in [4.78, 5) is 3.95. The second kappa shape index (κ2) is 3.22. The average molecular weight is 254 g/mol. The summed E-state index contributed by atoms with van der Waals surface area (Å²) in [7, 11) is 0. The van der Waals surface area contributed by atoms with Gasteiger partial charge < -0.3 is 3.53 Å². The summed E-state index contributed by atoms with van der Waals surface area (Å²) in [6, 6.07) is 3.60. The summed E-state index contributed by atoms with van der Waals surface area (Å²) in [5, 5.41) is 0.658. The number of anilines is 1. The van der Waals surface area contributed by atoms with Crippen LogP contribution in [-0.4, -0.2) is 4.98 Å². The average Bonchev–Trinajstić information content (AvgIpc) is 1.90. The number of halogens is 2. The molecule has 4 heteroatoms. The maximum absolute atomic E-state index is 5.58. The van der Waals surface area contributed by atoms with Crippen molar-refractivity contribution in [3.8, 4) is 0 Å². The Morgan fingerprint density at radius 1 is 1.56 bits per heavy atom. The first-order chi connectivity index (χ1) is 4.33. The number of rotatable bonds is 1. The number of nitrogens with one attached hydrogen (secondary N) is 1. The van der Waals surface area contributed by atoms with E-state index in [1.807, 2.05) is 28.9 Å². The first kappa shape index (κ1) is 7.08. The van der Waals surface area contributed by atoms with E-state index in [0.29, 0.717) is 5.02 Å². The van der Waals surface area contributed by atoms with Crippen LogP contribution in [0.5, 0.6) is 0 Å². The summed E-state index contributed by atoms with van der Waals surface area (Å²) in [6.07, 6.45) is 1.60. The monoisotopic (exact) mass is 254 g/mol. The molecule has 0 saturated heterocycles. The van der Waals surface area contributed by atoms with Gasteiger partial charge in [0.15, 0.2) is 0 Å². The highest BCUT2D eigenvalue weighted by atomic mass is 127. The maximum Gasteiger partial charge on any atom is 0.134 e. The molecule has 0 atom stereocenters. The summed E-state index contributed by atoms with van der Waals surface area (Å²) in [6.45, 7) is 0. The topological polar surface area (TPSA) is 24.9 Å². The van der Waals surface area contributed by atoms with Crippen molar-refractivity contribution in [2.75, 3.05) is 3.53 Å². The highest BCUT2D eigenvalue weighted by molar-refractivity contribution is 14.1. The van der Waals surface area contributed by atoms with Crippen molar-refractivity contribution in [1.29, 1.82) is 0 Å². The molecule has 1 heterocycles. The minimum absolute atomic E-state index is 0.658. The SMILES string of the molecule is Clc1ccc(NI)nc1. The minimum Gasteiger partial charge on any atom is -0.313 e. The standard InChI is InChI=1S/C5H4ClIN2/c6-4-1-2-5(9-7)8-3-4/h1-3H,(H,8,9). The molecule has 1 N–H and O–H groups in total. The summed E-state index contributed by atoms with van der Waals surface area (Å²) >= 11 is 7.59. The van der Waals surface area contributed by atoms with Crippen LogP contribution in [0.1, 0.15) is 0 Å². The molecule has 0 saturated carbocycles. The van der Waals surface area contributed by atoms with Gasteiger partial charge in [-0.05, 0) is 12.1 Å². The minimum atomic E-state index is 0.658. The van der Waals surface area contributed by atoms with E-state index in [-0.39, 0.29) is 0 Å². The summed E-state index contributed by atoms with van der Waals surface area (Å²) < 4.78 is 2.85. The van der Waals surface area contributed by atoms with Crippen LogP contribution in [0.3, 0.4) is 0 Å². The quantitative estimate of drug-likeness (QED) is 0.615. The van der Waals surface area contributed by atoms with E-state index in [0.717, 1.165) is 5.82 Å². The molecule has 0 bridgehead atoms. The zero-order chi connectivity index (χ0) is 6.69. The van der Waals surface area contributed by atoms with E-state index in [1.165, 1.54) is 0 Å². The largest absolute Gasteiger partial charge is 0.313 e. The molecule has 0 aliphatic carbocycles. The van der Waals surface area contributed by atoms with Crippen LogP contribution in [0.25, 0.3) is 0 Å². The molecule has 0 spiro atoms. The van der Waals surface area contributed by atoms with E-state index >= 15 is 0 Å². The second-order valence-corrected chi connectivity index (χ2v) is 2.43. The lowest BCUT2D eigenvalue weighted by atomic mass is 10.5. The van der Waals surface area contributed by atoms with Gasteiger partial charge in [0.2, 0.25) is 0 Å². The molecule has 0 radical (unpaired) electrons. The van der Waals surface area contributed by atoms with Gasteiger partial charge in [-0.2, -0.15) is 0 Å². The van der Waals surface area contributed by atoms with Crippen LogP contribution in [-0.2, 0) is 0 Å². The third-order valence-corrected chi connectivity index (χ3v) is 1.60. The Morgan fingerprint density at radius 3 is 2.78 bits per heavy atom. The van der Waals surface area contributed by atoms with Crippen molar-refractivity contribution < 1.29 is 0 Å². The number of hydrogen-bond donors (Lipinski definition) is 1. The number of hydrogen-bond acceptors (Lipinski definition) is 2. The van der Waals surface area contributed by atoms with E-state index in [4.69, 9.17) is 11.6 Å². The van der Waals surface area contributed by atoms with Gasteiger partial charge in [0.25, 0.3) is 0 Å². The van der Waals surface area contributed by atoms with Gasteiger partial charge in [-0.3, -0.25) is 0 Å². The van der Waals surface area contributed by atoms with Gasteiger partial charge in [-0.15, -0.1) is 0 Å². The molecule has 0 aliphatic heterocycles. The predicted octanol–water partition coefficient (Wildman–Crippen LogP) is 2.50. The van der Waals surface area contributed by atoms with Crippen LogP contribution in [0.2, 0.25) is 5.02 Å². The fraction of sp³-hybridized carbons (Fsp3) is 0. The Balaban J connectivity index is 2.88. The third kappa shape index (κ3) is 1.98. The first-order valence-electron chi connectivity index (χ1n) is 2.31. The van der Waals surface area contributed by atoms with E-state index in [1.54, 1.807) is 12.3 Å². The zero-order valence-electron chi connectivity index (χ0n) is 4.44. The van der Waals surface area contributed by atoms with Gasteiger partial charge in [0, 0.05) is 6.20 Å². The molecular weight excluding hydrogens is 250 g/mol. The molecule has 0 unspecified atom stereocenters. The Hall–Kier alpha value is -0.0300. The Labute approximate surface area is 72.1 Å². The summed E-state index contributed by atoms with van der Waals surface area (Å²) in [5.41, 5.74) is 0. The molecule has 0 aromatic carbocycles. The Kier molecular flexibility index (Phi) is 2.53. The molecule has 48 valence electrons. The normalized spacial score (nSPS) is 9.11. The van der Waals surface area contributed by atoms with Crippen LogP contribution >= 0.6 is 34.5 Å². The van der Waals surface area contributed by atoms with Crippen molar-refractivity contribution in [3.05, 3.63) is 23.4 Å². The van der Waals surface area contributed by atoms with Gasteiger partial charge in [0.1, 0.15) is 5.82 Å². The molecule has 0 fully saturated rings. The second-order valence-electron chi connectivity index (χ2n) is 1.46. The van der Waals surface area contributed by atoms with Crippen LogP contribution in [0.4, 0.5) is 5.82 Å². The van der Waals surface area contributed by atoms with Crippen molar-refractivity contribution in [2.24, 2.45) is 0 Å². The molecular formula is C5H4ClIN2. The smallest absolute Gasteiger partial charge is 0.134 e. The molecule has 1 aromatic rings. The van der Waals surface area contributed by atoms with Crippen molar-refractivity contribution >= 4 is 40.3 Å². The molecule has 1 rings (SSSR count). The van der Waals surface area contributed by atoms with Gasteiger partial charge in [-0.1, -0.05) is 11.6 Å². The molecule has 0 aliphatic rings. The Morgan fingerprint density at radius 2 is 2.33 bits per heavy atom. The Bertz CT molecular complexity index is 187. The zero-order valence-corrected chi connectivity index (χ0v) is 7.35. The van der Waals surface area contributed by atoms with Crippen molar-refractivity contribution in [2.45, 2.75) is 0 Å². The lowest BCUT2D eigenvalue weighted by Gasteiger charge is -1.93. The van der Waals surface area contributed by atoms with Crippen molar-refractivity contribution in [3.63, 3.8) is 0 Å². The van der Waals surface area contributed by atoms with Gasteiger partial charge in [-0.25, -0.2) is 4.98 Å². The maximum atomic E-state index is 5.58. The van der Waals surface area contributed by atoms with Crippen LogP contribution in [0.15, 0.2) is 18.3 Å². The van der Waals surface area contributed by atoms with E-state index in [9.17, 15) is 0 Å². The highest BCUT2D eigenvalue weighted by Crippen LogP contribution is 2.09. The number of aromatic nitrogens is 1.